The largest absolute Gasteiger partial charge is 0.496 e. The summed E-state index contributed by atoms with van der Waals surface area (Å²) in [5.41, 5.74) is 2.67. The summed E-state index contributed by atoms with van der Waals surface area (Å²) in [7, 11) is 1.68. The second kappa shape index (κ2) is 10.1. The molecule has 6 heteroatoms. The van der Waals surface area contributed by atoms with Crippen molar-refractivity contribution in [2.75, 3.05) is 20.3 Å². The number of carbonyl (C=O) groups is 1. The monoisotopic (exact) mass is 451 g/mol. The van der Waals surface area contributed by atoms with Crippen molar-refractivity contribution in [3.8, 4) is 16.9 Å². The molecule has 4 rings (SSSR count). The molecule has 0 spiro atoms. The van der Waals surface area contributed by atoms with Crippen LogP contribution >= 0.6 is 0 Å². The number of nitrogens with one attached hydrogen (secondary N) is 2. The first-order chi connectivity index (χ1) is 16.0. The van der Waals surface area contributed by atoms with Crippen molar-refractivity contribution < 1.29 is 14.6 Å². The number of likely N-dealkylation sites (N-methyl/N-ethyl adjacent to an activating group) is 1. The van der Waals surface area contributed by atoms with Gasteiger partial charge in [0.15, 0.2) is 0 Å². The third kappa shape index (κ3) is 4.46. The quantitative estimate of drug-likeness (QED) is 0.580. The number of benzene rings is 2. The Morgan fingerprint density at radius 3 is 2.45 bits per heavy atom. The Morgan fingerprint density at radius 2 is 1.82 bits per heavy atom. The van der Waals surface area contributed by atoms with E-state index >= 15 is 0 Å². The summed E-state index contributed by atoms with van der Waals surface area (Å²) in [4.78, 5) is 15.1. The Labute approximate surface area is 197 Å². The Morgan fingerprint density at radius 1 is 1.12 bits per heavy atom. The third-order valence-corrected chi connectivity index (χ3v) is 7.38. The summed E-state index contributed by atoms with van der Waals surface area (Å²) in [5.74, 6) is 0.830. The number of para-hydroxylation sites is 1. The van der Waals surface area contributed by atoms with Crippen LogP contribution in [0.25, 0.3) is 11.1 Å². The molecule has 1 saturated carbocycles. The van der Waals surface area contributed by atoms with Gasteiger partial charge in [0.1, 0.15) is 11.4 Å². The van der Waals surface area contributed by atoms with Crippen LogP contribution in [0.15, 0.2) is 48.5 Å². The van der Waals surface area contributed by atoms with Crippen molar-refractivity contribution in [1.29, 1.82) is 0 Å². The van der Waals surface area contributed by atoms with E-state index in [1.807, 2.05) is 29.2 Å². The molecule has 178 valence electrons. The number of nitrogens with zero attached hydrogens (tertiary/aromatic N) is 1. The van der Waals surface area contributed by atoms with Gasteiger partial charge in [-0.05, 0) is 43.5 Å². The van der Waals surface area contributed by atoms with Crippen LogP contribution in [-0.2, 0) is 0 Å². The minimum atomic E-state index is -0.563. The van der Waals surface area contributed by atoms with E-state index < -0.39 is 5.66 Å². The topological polar surface area (TPSA) is 73.8 Å². The summed E-state index contributed by atoms with van der Waals surface area (Å²) in [5, 5.41) is 17.1. The molecule has 3 atom stereocenters. The average Bonchev–Trinajstić information content (AvgIpc) is 2.83. The van der Waals surface area contributed by atoms with E-state index in [-0.39, 0.29) is 30.6 Å². The highest BCUT2D eigenvalue weighted by molar-refractivity contribution is 5.78. The smallest absolute Gasteiger partial charge is 0.319 e. The summed E-state index contributed by atoms with van der Waals surface area (Å²) in [6, 6.07) is 16.3. The van der Waals surface area contributed by atoms with E-state index in [0.717, 1.165) is 41.8 Å². The predicted molar refractivity (Wildman–Crippen MR) is 131 cm³/mol. The van der Waals surface area contributed by atoms with E-state index in [1.165, 1.54) is 19.3 Å². The molecular formula is C27H37N3O3. The number of urea groups is 1. The SMILES string of the molecule is CCN[C@@]1(C)[C@@H](c2ccc(-c3ccccc3OC)cc2)[C@@H](CO)N1C(=O)NC1CCCCC1. The van der Waals surface area contributed by atoms with Crippen LogP contribution in [0, 0.1) is 0 Å². The zero-order chi connectivity index (χ0) is 23.4. The second-order valence-electron chi connectivity index (χ2n) is 9.38. The fourth-order valence-corrected chi connectivity index (χ4v) is 5.83. The van der Waals surface area contributed by atoms with Crippen molar-refractivity contribution in [3.63, 3.8) is 0 Å². The fraction of sp³-hybridized carbons (Fsp3) is 0.519. The average molecular weight is 452 g/mol. The van der Waals surface area contributed by atoms with Gasteiger partial charge in [0, 0.05) is 17.5 Å². The lowest BCUT2D eigenvalue weighted by molar-refractivity contribution is -0.0915. The van der Waals surface area contributed by atoms with Gasteiger partial charge < -0.3 is 20.1 Å². The number of hydrogen-bond donors (Lipinski definition) is 3. The van der Waals surface area contributed by atoms with Crippen molar-refractivity contribution in [2.45, 2.75) is 69.6 Å². The summed E-state index contributed by atoms with van der Waals surface area (Å²) in [6.45, 7) is 4.79. The van der Waals surface area contributed by atoms with Gasteiger partial charge in [-0.3, -0.25) is 5.32 Å². The zero-order valence-corrected chi connectivity index (χ0v) is 20.0. The number of methoxy groups -OCH3 is 1. The van der Waals surface area contributed by atoms with Gasteiger partial charge in [0.05, 0.1) is 19.8 Å². The summed E-state index contributed by atoms with van der Waals surface area (Å²) >= 11 is 0. The maximum atomic E-state index is 13.3. The number of aliphatic hydroxyl groups excluding tert-OH is 1. The number of likely N-dealkylation sites (tertiary alicyclic amines) is 1. The number of rotatable bonds is 7. The zero-order valence-electron chi connectivity index (χ0n) is 20.0. The molecule has 2 amide bonds. The minimum Gasteiger partial charge on any atom is -0.496 e. The molecule has 0 unspecified atom stereocenters. The van der Waals surface area contributed by atoms with Gasteiger partial charge in [0.2, 0.25) is 0 Å². The first-order valence-corrected chi connectivity index (χ1v) is 12.2. The molecule has 2 fully saturated rings. The van der Waals surface area contributed by atoms with Crippen molar-refractivity contribution in [3.05, 3.63) is 54.1 Å². The van der Waals surface area contributed by atoms with Crippen molar-refractivity contribution in [2.24, 2.45) is 0 Å². The lowest BCUT2D eigenvalue weighted by Gasteiger charge is -2.62. The highest BCUT2D eigenvalue weighted by atomic mass is 16.5. The normalized spacial score (nSPS) is 25.4. The molecule has 1 saturated heterocycles. The van der Waals surface area contributed by atoms with Crippen LogP contribution in [0.1, 0.15) is 57.4 Å². The lowest BCUT2D eigenvalue weighted by Crippen LogP contribution is -2.79. The number of carbonyl (C=O) groups excluding carboxylic acids is 1. The first kappa shape index (κ1) is 23.6. The molecule has 2 aromatic carbocycles. The van der Waals surface area contributed by atoms with Gasteiger partial charge in [-0.2, -0.15) is 0 Å². The number of amides is 2. The summed E-state index contributed by atoms with van der Waals surface area (Å²) in [6.07, 6.45) is 5.65. The maximum Gasteiger partial charge on any atom is 0.319 e. The molecule has 1 heterocycles. The molecule has 1 aliphatic carbocycles. The van der Waals surface area contributed by atoms with E-state index in [9.17, 15) is 9.90 Å². The van der Waals surface area contributed by atoms with Gasteiger partial charge in [-0.25, -0.2) is 4.79 Å². The molecule has 0 aromatic heterocycles. The summed E-state index contributed by atoms with van der Waals surface area (Å²) < 4.78 is 5.52. The highest BCUT2D eigenvalue weighted by Crippen LogP contribution is 2.47. The van der Waals surface area contributed by atoms with Crippen LogP contribution in [0.5, 0.6) is 5.75 Å². The predicted octanol–water partition coefficient (Wildman–Crippen LogP) is 4.49. The fourth-order valence-electron chi connectivity index (χ4n) is 5.83. The Bertz CT molecular complexity index is 942. The van der Waals surface area contributed by atoms with Crippen LogP contribution in [0.3, 0.4) is 0 Å². The van der Waals surface area contributed by atoms with Gasteiger partial charge >= 0.3 is 6.03 Å². The molecular weight excluding hydrogens is 414 g/mol. The van der Waals surface area contributed by atoms with Crippen LogP contribution in [0.4, 0.5) is 4.79 Å². The first-order valence-electron chi connectivity index (χ1n) is 12.2. The molecule has 0 radical (unpaired) electrons. The Kier molecular flexibility index (Phi) is 7.25. The van der Waals surface area contributed by atoms with E-state index in [0.29, 0.717) is 0 Å². The molecule has 2 aromatic rings. The van der Waals surface area contributed by atoms with E-state index in [4.69, 9.17) is 4.74 Å². The van der Waals surface area contributed by atoms with Crippen molar-refractivity contribution >= 4 is 6.03 Å². The molecule has 3 N–H and O–H groups in total. The van der Waals surface area contributed by atoms with E-state index in [1.54, 1.807) is 7.11 Å². The van der Waals surface area contributed by atoms with Crippen LogP contribution < -0.4 is 15.4 Å². The highest BCUT2D eigenvalue weighted by Gasteiger charge is 2.59. The van der Waals surface area contributed by atoms with Crippen LogP contribution in [-0.4, -0.2) is 54.0 Å². The van der Waals surface area contributed by atoms with Crippen LogP contribution in [0.2, 0.25) is 0 Å². The molecule has 2 aliphatic rings. The van der Waals surface area contributed by atoms with E-state index in [2.05, 4.69) is 48.7 Å². The Balaban J connectivity index is 1.57. The van der Waals surface area contributed by atoms with Gasteiger partial charge in [-0.1, -0.05) is 68.7 Å². The molecule has 1 aliphatic heterocycles. The second-order valence-corrected chi connectivity index (χ2v) is 9.38. The van der Waals surface area contributed by atoms with Crippen molar-refractivity contribution in [1.82, 2.24) is 15.5 Å². The molecule has 33 heavy (non-hydrogen) atoms. The number of aliphatic hydroxyl groups is 1. The lowest BCUT2D eigenvalue weighted by atomic mass is 9.70. The van der Waals surface area contributed by atoms with Gasteiger partial charge in [-0.15, -0.1) is 0 Å². The standard InChI is InChI=1S/C27H37N3O3/c1-4-28-27(2)25(23(18-31)30(27)26(32)29-21-10-6-5-7-11-21)20-16-14-19(15-17-20)22-12-8-9-13-24(22)33-3/h8-9,12-17,21,23,25,28,31H,4-7,10-11,18H2,1-3H3,(H,29,32)/t23-,25+,27-/m1/s1. The number of ether oxygens (including phenoxy) is 1. The minimum absolute atomic E-state index is 0.00808. The maximum absolute atomic E-state index is 13.3. The molecule has 6 nitrogen and oxygen atoms in total. The molecule has 0 bridgehead atoms. The Hall–Kier alpha value is -2.57. The number of hydrogen-bond acceptors (Lipinski definition) is 4. The third-order valence-electron chi connectivity index (χ3n) is 7.38. The van der Waals surface area contributed by atoms with Gasteiger partial charge in [0.25, 0.3) is 0 Å².